The van der Waals surface area contributed by atoms with Crippen LogP contribution in [0.1, 0.15) is 19.2 Å². The molecule has 0 unspecified atom stereocenters. The number of ether oxygens (including phenoxy) is 1. The monoisotopic (exact) mass is 281 g/mol. The van der Waals surface area contributed by atoms with Crippen LogP contribution in [0.25, 0.3) is 16.7 Å². The van der Waals surface area contributed by atoms with Crippen LogP contribution in [0, 0.1) is 6.92 Å². The minimum Gasteiger partial charge on any atom is -0.494 e. The second kappa shape index (κ2) is 5.48. The van der Waals surface area contributed by atoms with Crippen molar-refractivity contribution in [1.82, 2.24) is 9.55 Å². The molecule has 0 saturated carbocycles. The van der Waals surface area contributed by atoms with Gasteiger partial charge in [0.25, 0.3) is 0 Å². The maximum absolute atomic E-state index is 5.82. The van der Waals surface area contributed by atoms with Gasteiger partial charge in [-0.2, -0.15) is 0 Å². The van der Waals surface area contributed by atoms with Gasteiger partial charge in [0, 0.05) is 11.4 Å². The Kier molecular flexibility index (Phi) is 3.52. The highest BCUT2D eigenvalue weighted by molar-refractivity contribution is 5.81. The lowest BCUT2D eigenvalue weighted by Gasteiger charge is -2.09. The van der Waals surface area contributed by atoms with Crippen LogP contribution in [0.4, 0.5) is 5.69 Å². The van der Waals surface area contributed by atoms with E-state index in [1.54, 1.807) is 0 Å². The van der Waals surface area contributed by atoms with Crippen molar-refractivity contribution in [3.05, 3.63) is 48.3 Å². The predicted molar refractivity (Wildman–Crippen MR) is 86.0 cm³/mol. The van der Waals surface area contributed by atoms with Crippen LogP contribution in [0.15, 0.2) is 42.5 Å². The summed E-state index contributed by atoms with van der Waals surface area (Å²) >= 11 is 0. The Balaban J connectivity index is 2.01. The van der Waals surface area contributed by atoms with E-state index in [1.807, 2.05) is 37.3 Å². The molecule has 0 spiro atoms. The quantitative estimate of drug-likeness (QED) is 0.742. The van der Waals surface area contributed by atoms with Gasteiger partial charge in [0.15, 0.2) is 0 Å². The fourth-order valence-corrected chi connectivity index (χ4v) is 2.46. The molecule has 2 N–H and O–H groups in total. The summed E-state index contributed by atoms with van der Waals surface area (Å²) in [6.07, 6.45) is 1.01. The van der Waals surface area contributed by atoms with E-state index in [2.05, 4.69) is 28.6 Å². The van der Waals surface area contributed by atoms with Crippen molar-refractivity contribution < 1.29 is 4.74 Å². The molecule has 0 fully saturated rings. The van der Waals surface area contributed by atoms with E-state index >= 15 is 0 Å². The summed E-state index contributed by atoms with van der Waals surface area (Å²) in [5.74, 6) is 1.84. The Morgan fingerprint density at radius 1 is 1.14 bits per heavy atom. The van der Waals surface area contributed by atoms with E-state index in [0.717, 1.165) is 47.0 Å². The lowest BCUT2D eigenvalue weighted by Crippen LogP contribution is -1.98. The molecule has 0 aliphatic rings. The molecule has 0 amide bonds. The van der Waals surface area contributed by atoms with Crippen LogP contribution >= 0.6 is 0 Å². The van der Waals surface area contributed by atoms with Crippen molar-refractivity contribution in [3.63, 3.8) is 0 Å². The van der Waals surface area contributed by atoms with Crippen LogP contribution in [0.3, 0.4) is 0 Å². The number of aryl methyl sites for hydroxylation is 1. The van der Waals surface area contributed by atoms with E-state index in [9.17, 15) is 0 Å². The number of fused-ring (bicyclic) bond motifs is 1. The number of anilines is 1. The van der Waals surface area contributed by atoms with Gasteiger partial charge >= 0.3 is 0 Å². The summed E-state index contributed by atoms with van der Waals surface area (Å²) in [5, 5.41) is 0. The second-order valence-electron chi connectivity index (χ2n) is 5.08. The lowest BCUT2D eigenvalue weighted by atomic mass is 10.2. The van der Waals surface area contributed by atoms with Crippen LogP contribution in [0.5, 0.6) is 5.75 Å². The van der Waals surface area contributed by atoms with Gasteiger partial charge in [-0.3, -0.25) is 4.57 Å². The molecule has 3 rings (SSSR count). The number of imidazole rings is 1. The lowest BCUT2D eigenvalue weighted by molar-refractivity contribution is 0.317. The zero-order chi connectivity index (χ0) is 14.8. The van der Waals surface area contributed by atoms with Crippen LogP contribution in [0.2, 0.25) is 0 Å². The molecule has 4 heteroatoms. The van der Waals surface area contributed by atoms with Gasteiger partial charge in [0.05, 0.1) is 17.6 Å². The smallest absolute Gasteiger partial charge is 0.119 e. The van der Waals surface area contributed by atoms with Gasteiger partial charge in [-0.25, -0.2) is 4.98 Å². The van der Waals surface area contributed by atoms with Crippen molar-refractivity contribution in [2.45, 2.75) is 20.3 Å². The van der Waals surface area contributed by atoms with Crippen molar-refractivity contribution >= 4 is 16.7 Å². The Morgan fingerprint density at radius 2 is 1.90 bits per heavy atom. The molecule has 0 aliphatic carbocycles. The molecule has 1 heterocycles. The number of nitrogens with two attached hydrogens (primary N) is 1. The topological polar surface area (TPSA) is 53.1 Å². The van der Waals surface area contributed by atoms with Gasteiger partial charge in [-0.1, -0.05) is 6.92 Å². The summed E-state index contributed by atoms with van der Waals surface area (Å²) in [5.41, 5.74) is 9.60. The molecule has 0 aliphatic heterocycles. The molecule has 4 nitrogen and oxygen atoms in total. The predicted octanol–water partition coefficient (Wildman–Crippen LogP) is 3.70. The summed E-state index contributed by atoms with van der Waals surface area (Å²) in [6.45, 7) is 4.84. The molecule has 0 atom stereocenters. The van der Waals surface area contributed by atoms with Crippen LogP contribution in [-0.4, -0.2) is 16.2 Å². The average molecular weight is 281 g/mol. The maximum atomic E-state index is 5.82. The van der Waals surface area contributed by atoms with Crippen molar-refractivity contribution in [1.29, 1.82) is 0 Å². The number of rotatable bonds is 4. The number of nitrogen functional groups attached to an aromatic ring is 1. The molecule has 0 saturated heterocycles. The van der Waals surface area contributed by atoms with Crippen molar-refractivity contribution in [2.24, 2.45) is 0 Å². The standard InChI is InChI=1S/C17H19N3O/c1-3-10-21-15-7-5-14(6-8-15)20-12(2)19-16-11-13(18)4-9-17(16)20/h4-9,11H,3,10,18H2,1-2H3. The van der Waals surface area contributed by atoms with Crippen LogP contribution < -0.4 is 10.5 Å². The minimum atomic E-state index is 0.732. The van der Waals surface area contributed by atoms with Crippen LogP contribution in [-0.2, 0) is 0 Å². The third kappa shape index (κ3) is 2.57. The molecule has 21 heavy (non-hydrogen) atoms. The first-order valence-electron chi connectivity index (χ1n) is 7.17. The molecule has 2 aromatic carbocycles. The average Bonchev–Trinajstić information content (AvgIpc) is 2.80. The third-order valence-electron chi connectivity index (χ3n) is 3.41. The number of aromatic nitrogens is 2. The molecular weight excluding hydrogens is 262 g/mol. The van der Waals surface area contributed by atoms with Gasteiger partial charge < -0.3 is 10.5 Å². The number of hydrogen-bond acceptors (Lipinski definition) is 3. The molecule has 3 aromatic rings. The van der Waals surface area contributed by atoms with Gasteiger partial charge in [0.1, 0.15) is 11.6 Å². The Hall–Kier alpha value is -2.49. The normalized spacial score (nSPS) is 11.0. The highest BCUT2D eigenvalue weighted by atomic mass is 16.5. The Bertz CT molecular complexity index is 760. The van der Waals surface area contributed by atoms with E-state index in [1.165, 1.54) is 0 Å². The first kappa shape index (κ1) is 13.5. The van der Waals surface area contributed by atoms with E-state index in [-0.39, 0.29) is 0 Å². The van der Waals surface area contributed by atoms with Gasteiger partial charge in [-0.05, 0) is 55.8 Å². The third-order valence-corrected chi connectivity index (χ3v) is 3.41. The maximum Gasteiger partial charge on any atom is 0.119 e. The van der Waals surface area contributed by atoms with Gasteiger partial charge in [0.2, 0.25) is 0 Å². The first-order valence-corrected chi connectivity index (χ1v) is 7.17. The summed E-state index contributed by atoms with van der Waals surface area (Å²) in [4.78, 5) is 4.57. The van der Waals surface area contributed by atoms with E-state index in [4.69, 9.17) is 10.5 Å². The summed E-state index contributed by atoms with van der Waals surface area (Å²) in [7, 11) is 0. The van der Waals surface area contributed by atoms with E-state index in [0.29, 0.717) is 0 Å². The zero-order valence-corrected chi connectivity index (χ0v) is 12.3. The Morgan fingerprint density at radius 3 is 2.62 bits per heavy atom. The van der Waals surface area contributed by atoms with E-state index < -0.39 is 0 Å². The fraction of sp³-hybridized carbons (Fsp3) is 0.235. The van der Waals surface area contributed by atoms with Crippen molar-refractivity contribution in [3.8, 4) is 11.4 Å². The SMILES string of the molecule is CCCOc1ccc(-n2c(C)nc3cc(N)ccc32)cc1. The zero-order valence-electron chi connectivity index (χ0n) is 12.3. The van der Waals surface area contributed by atoms with Gasteiger partial charge in [-0.15, -0.1) is 0 Å². The largest absolute Gasteiger partial charge is 0.494 e. The fourth-order valence-electron chi connectivity index (χ4n) is 2.46. The number of hydrogen-bond donors (Lipinski definition) is 1. The molecule has 0 radical (unpaired) electrons. The van der Waals surface area contributed by atoms with Crippen molar-refractivity contribution in [2.75, 3.05) is 12.3 Å². The number of nitrogens with zero attached hydrogens (tertiary/aromatic N) is 2. The second-order valence-corrected chi connectivity index (χ2v) is 5.08. The molecule has 0 bridgehead atoms. The number of benzene rings is 2. The molecular formula is C17H19N3O. The summed E-state index contributed by atoms with van der Waals surface area (Å²) in [6, 6.07) is 13.9. The Labute approximate surface area is 124 Å². The highest BCUT2D eigenvalue weighted by Crippen LogP contribution is 2.24. The highest BCUT2D eigenvalue weighted by Gasteiger charge is 2.09. The summed E-state index contributed by atoms with van der Waals surface area (Å²) < 4.78 is 7.74. The first-order chi connectivity index (χ1) is 10.2. The molecule has 1 aromatic heterocycles. The molecule has 108 valence electrons. The minimum absolute atomic E-state index is 0.732.